The average molecular weight is 449 g/mol. The topological polar surface area (TPSA) is 101 Å². The molecule has 0 aromatic carbocycles. The highest BCUT2D eigenvalue weighted by atomic mass is 35.5. The Morgan fingerprint density at radius 1 is 1.17 bits per heavy atom. The average Bonchev–Trinajstić information content (AvgIpc) is 3.38. The van der Waals surface area contributed by atoms with Crippen LogP contribution in [0, 0.1) is 5.92 Å². The van der Waals surface area contributed by atoms with Gasteiger partial charge in [-0.05, 0) is 49.3 Å². The number of cyclic esters (lactones) is 1. The van der Waals surface area contributed by atoms with Crippen molar-refractivity contribution in [2.45, 2.75) is 31.7 Å². The molecule has 2 aromatic heterocycles. The number of nitrogens with zero attached hydrogens (tertiary/aromatic N) is 2. The molecule has 0 atom stereocenters. The van der Waals surface area contributed by atoms with Crippen LogP contribution in [0.25, 0.3) is 0 Å². The molecule has 158 valence electrons. The molecular weight excluding hydrogens is 428 g/mol. The summed E-state index contributed by atoms with van der Waals surface area (Å²) in [6.07, 6.45) is 4.12. The SMILES string of the molecule is O=C(Nc1ccc(Cl)cn1)c1sccc1NC(=O)[C@H]1CC[C@H](N2CCOC2=O)CC1. The van der Waals surface area contributed by atoms with E-state index in [4.69, 9.17) is 16.3 Å². The molecule has 2 aliphatic rings. The first-order valence-corrected chi connectivity index (χ1v) is 11.0. The van der Waals surface area contributed by atoms with Crippen LogP contribution >= 0.6 is 22.9 Å². The van der Waals surface area contributed by atoms with Gasteiger partial charge in [-0.2, -0.15) is 0 Å². The van der Waals surface area contributed by atoms with Crippen molar-refractivity contribution in [2.24, 2.45) is 5.92 Å². The Hall–Kier alpha value is -2.65. The summed E-state index contributed by atoms with van der Waals surface area (Å²) in [5, 5.41) is 7.84. The monoisotopic (exact) mass is 448 g/mol. The fourth-order valence-electron chi connectivity index (χ4n) is 3.83. The molecule has 1 aliphatic carbocycles. The Morgan fingerprint density at radius 3 is 2.63 bits per heavy atom. The molecule has 8 nitrogen and oxygen atoms in total. The minimum absolute atomic E-state index is 0.102. The first-order valence-electron chi connectivity index (χ1n) is 9.76. The van der Waals surface area contributed by atoms with Crippen molar-refractivity contribution in [2.75, 3.05) is 23.8 Å². The summed E-state index contributed by atoms with van der Waals surface area (Å²) in [6, 6.07) is 5.11. The van der Waals surface area contributed by atoms with Gasteiger partial charge >= 0.3 is 6.09 Å². The van der Waals surface area contributed by atoms with Gasteiger partial charge in [0.25, 0.3) is 5.91 Å². The third-order valence-corrected chi connectivity index (χ3v) is 6.54. The molecule has 2 aromatic rings. The first-order chi connectivity index (χ1) is 14.5. The van der Waals surface area contributed by atoms with E-state index in [-0.39, 0.29) is 29.9 Å². The van der Waals surface area contributed by atoms with Crippen LogP contribution < -0.4 is 10.6 Å². The van der Waals surface area contributed by atoms with Crippen LogP contribution in [-0.4, -0.2) is 47.0 Å². The molecule has 0 bridgehead atoms. The summed E-state index contributed by atoms with van der Waals surface area (Å²) in [5.74, 6) is -0.205. The molecule has 1 aliphatic heterocycles. The van der Waals surface area contributed by atoms with Crippen molar-refractivity contribution in [1.29, 1.82) is 0 Å². The van der Waals surface area contributed by atoms with E-state index >= 15 is 0 Å². The number of hydrogen-bond acceptors (Lipinski definition) is 6. The molecule has 2 N–H and O–H groups in total. The Balaban J connectivity index is 1.33. The molecule has 30 heavy (non-hydrogen) atoms. The number of nitrogens with one attached hydrogen (secondary N) is 2. The molecule has 10 heteroatoms. The van der Waals surface area contributed by atoms with Crippen molar-refractivity contribution in [3.63, 3.8) is 0 Å². The second-order valence-corrected chi connectivity index (χ2v) is 8.63. The fourth-order valence-corrected chi connectivity index (χ4v) is 4.68. The normalized spacial score (nSPS) is 21.2. The second-order valence-electron chi connectivity index (χ2n) is 7.28. The van der Waals surface area contributed by atoms with Crippen LogP contribution in [0.15, 0.2) is 29.8 Å². The zero-order chi connectivity index (χ0) is 21.1. The van der Waals surface area contributed by atoms with E-state index in [1.807, 2.05) is 0 Å². The van der Waals surface area contributed by atoms with Crippen molar-refractivity contribution in [3.05, 3.63) is 39.7 Å². The van der Waals surface area contributed by atoms with Gasteiger partial charge in [-0.3, -0.25) is 9.59 Å². The van der Waals surface area contributed by atoms with Crippen LogP contribution in [0.4, 0.5) is 16.3 Å². The van der Waals surface area contributed by atoms with E-state index in [9.17, 15) is 14.4 Å². The summed E-state index contributed by atoms with van der Waals surface area (Å²) in [4.78, 5) is 43.3. The van der Waals surface area contributed by atoms with Gasteiger partial charge in [-0.15, -0.1) is 11.3 Å². The standard InChI is InChI=1S/C20H21ClN4O4S/c21-13-3-6-16(22-11-13)24-19(27)17-15(7-10-30-17)23-18(26)12-1-4-14(5-2-12)25-8-9-29-20(25)28/h3,6-7,10-12,14H,1-2,4-5,8-9H2,(H,23,26)(H,22,24,27)/t12-,14-. The maximum atomic E-state index is 12.8. The van der Waals surface area contributed by atoms with Gasteiger partial charge in [0, 0.05) is 18.2 Å². The van der Waals surface area contributed by atoms with Crippen LogP contribution in [0.2, 0.25) is 5.02 Å². The third-order valence-electron chi connectivity index (χ3n) is 5.40. The highest BCUT2D eigenvalue weighted by Crippen LogP contribution is 2.31. The third kappa shape index (κ3) is 4.57. The summed E-state index contributed by atoms with van der Waals surface area (Å²) in [7, 11) is 0. The first kappa shape index (κ1) is 20.6. The fraction of sp³-hybridized carbons (Fsp3) is 0.400. The van der Waals surface area contributed by atoms with Crippen LogP contribution in [0.1, 0.15) is 35.4 Å². The smallest absolute Gasteiger partial charge is 0.410 e. The molecule has 0 unspecified atom stereocenters. The summed E-state index contributed by atoms with van der Waals surface area (Å²) >= 11 is 7.06. The van der Waals surface area contributed by atoms with Gasteiger partial charge < -0.3 is 20.3 Å². The molecule has 3 heterocycles. The second kappa shape index (κ2) is 9.01. The minimum atomic E-state index is -0.341. The number of ether oxygens (including phenoxy) is 1. The minimum Gasteiger partial charge on any atom is -0.448 e. The van der Waals surface area contributed by atoms with Gasteiger partial charge in [0.1, 0.15) is 17.3 Å². The number of carbonyl (C=O) groups is 3. The van der Waals surface area contributed by atoms with Crippen molar-refractivity contribution in [3.8, 4) is 0 Å². The largest absolute Gasteiger partial charge is 0.448 e. The number of carbonyl (C=O) groups excluding carboxylic acids is 3. The van der Waals surface area contributed by atoms with Gasteiger partial charge in [0.2, 0.25) is 5.91 Å². The Bertz CT molecular complexity index is 941. The van der Waals surface area contributed by atoms with Gasteiger partial charge in [-0.25, -0.2) is 9.78 Å². The summed E-state index contributed by atoms with van der Waals surface area (Å²) < 4.78 is 5.01. The lowest BCUT2D eigenvalue weighted by Gasteiger charge is -2.32. The van der Waals surface area contributed by atoms with Crippen LogP contribution in [0.3, 0.4) is 0 Å². The predicted molar refractivity (Wildman–Crippen MR) is 114 cm³/mol. The quantitative estimate of drug-likeness (QED) is 0.720. The number of thiophene rings is 1. The lowest BCUT2D eigenvalue weighted by molar-refractivity contribution is -0.121. The predicted octanol–water partition coefficient (Wildman–Crippen LogP) is 4.00. The highest BCUT2D eigenvalue weighted by molar-refractivity contribution is 7.12. The number of amides is 3. The molecule has 0 radical (unpaired) electrons. The Morgan fingerprint density at radius 2 is 1.97 bits per heavy atom. The van der Waals surface area contributed by atoms with E-state index in [1.165, 1.54) is 17.5 Å². The van der Waals surface area contributed by atoms with E-state index in [0.29, 0.717) is 47.4 Å². The molecule has 3 amide bonds. The zero-order valence-electron chi connectivity index (χ0n) is 16.1. The highest BCUT2D eigenvalue weighted by Gasteiger charge is 2.34. The Kier molecular flexibility index (Phi) is 6.19. The van der Waals surface area contributed by atoms with Crippen molar-refractivity contribution >= 4 is 52.4 Å². The van der Waals surface area contributed by atoms with E-state index in [1.54, 1.807) is 28.5 Å². The summed E-state index contributed by atoms with van der Waals surface area (Å²) in [5.41, 5.74) is 0.488. The molecular formula is C20H21ClN4O4S. The maximum Gasteiger partial charge on any atom is 0.410 e. The van der Waals surface area contributed by atoms with Crippen LogP contribution in [-0.2, 0) is 9.53 Å². The molecule has 2 fully saturated rings. The molecule has 1 saturated heterocycles. The van der Waals surface area contributed by atoms with Crippen molar-refractivity contribution in [1.82, 2.24) is 9.88 Å². The van der Waals surface area contributed by atoms with Gasteiger partial charge in [0.05, 0.1) is 17.3 Å². The number of pyridine rings is 1. The van der Waals surface area contributed by atoms with E-state index < -0.39 is 0 Å². The van der Waals surface area contributed by atoms with Crippen molar-refractivity contribution < 1.29 is 19.1 Å². The molecule has 1 saturated carbocycles. The van der Waals surface area contributed by atoms with Gasteiger partial charge in [0.15, 0.2) is 0 Å². The number of hydrogen-bond donors (Lipinski definition) is 2. The number of anilines is 2. The van der Waals surface area contributed by atoms with E-state index in [2.05, 4.69) is 15.6 Å². The molecule has 0 spiro atoms. The van der Waals surface area contributed by atoms with E-state index in [0.717, 1.165) is 12.8 Å². The lowest BCUT2D eigenvalue weighted by Crippen LogP contribution is -2.40. The number of aromatic nitrogens is 1. The molecule has 4 rings (SSSR count). The lowest BCUT2D eigenvalue weighted by atomic mass is 9.85. The van der Waals surface area contributed by atoms with Gasteiger partial charge in [-0.1, -0.05) is 11.6 Å². The number of halogens is 1. The summed E-state index contributed by atoms with van der Waals surface area (Å²) in [6.45, 7) is 1.06. The Labute approximate surface area is 182 Å². The zero-order valence-corrected chi connectivity index (χ0v) is 17.7. The van der Waals surface area contributed by atoms with Crippen LogP contribution in [0.5, 0.6) is 0 Å². The number of rotatable bonds is 5. The maximum absolute atomic E-state index is 12.8.